The summed E-state index contributed by atoms with van der Waals surface area (Å²) in [4.78, 5) is 18.9. The van der Waals surface area contributed by atoms with E-state index in [4.69, 9.17) is 0 Å². The van der Waals surface area contributed by atoms with Gasteiger partial charge >= 0.3 is 0 Å². The molecule has 18 heavy (non-hydrogen) atoms. The third-order valence-corrected chi connectivity index (χ3v) is 4.68. The van der Waals surface area contributed by atoms with Crippen molar-refractivity contribution in [3.05, 3.63) is 0 Å². The number of piperazine rings is 1. The van der Waals surface area contributed by atoms with E-state index in [1.165, 1.54) is 0 Å². The highest BCUT2D eigenvalue weighted by Gasteiger charge is 2.37. The predicted octanol–water partition coefficient (Wildman–Crippen LogP) is -1.09. The van der Waals surface area contributed by atoms with Gasteiger partial charge < -0.3 is 15.1 Å². The quantitative estimate of drug-likeness (QED) is 0.678. The van der Waals surface area contributed by atoms with Crippen LogP contribution in [0.3, 0.4) is 0 Å². The number of carbonyl (C=O) groups is 1. The van der Waals surface area contributed by atoms with E-state index < -0.39 is 0 Å². The molecule has 3 fully saturated rings. The first-order chi connectivity index (χ1) is 8.72. The Labute approximate surface area is 109 Å². The lowest BCUT2D eigenvalue weighted by molar-refractivity contribution is -0.133. The van der Waals surface area contributed by atoms with Gasteiger partial charge in [-0.3, -0.25) is 9.69 Å². The zero-order chi connectivity index (χ0) is 12.5. The molecule has 0 aliphatic carbocycles. The van der Waals surface area contributed by atoms with Crippen LogP contribution in [0.4, 0.5) is 0 Å². The number of likely N-dealkylation sites (N-methyl/N-ethyl adjacent to an activating group) is 1. The summed E-state index contributed by atoms with van der Waals surface area (Å²) in [5.41, 5.74) is 0. The van der Waals surface area contributed by atoms with Crippen LogP contribution in [0.5, 0.6) is 0 Å². The van der Waals surface area contributed by atoms with Crippen molar-refractivity contribution in [2.24, 2.45) is 11.8 Å². The summed E-state index contributed by atoms with van der Waals surface area (Å²) < 4.78 is 0. The highest BCUT2D eigenvalue weighted by atomic mass is 16.2. The number of fused-ring (bicyclic) bond motifs is 1. The predicted molar refractivity (Wildman–Crippen MR) is 70.4 cm³/mol. The van der Waals surface area contributed by atoms with Crippen molar-refractivity contribution >= 4 is 5.91 Å². The molecular formula is C13H24N4O. The van der Waals surface area contributed by atoms with Crippen LogP contribution < -0.4 is 5.32 Å². The van der Waals surface area contributed by atoms with E-state index in [0.717, 1.165) is 64.2 Å². The van der Waals surface area contributed by atoms with Gasteiger partial charge in [0.25, 0.3) is 0 Å². The van der Waals surface area contributed by atoms with Crippen molar-refractivity contribution < 1.29 is 4.79 Å². The summed E-state index contributed by atoms with van der Waals surface area (Å²) in [6.07, 6.45) is 0. The largest absolute Gasteiger partial charge is 0.339 e. The minimum absolute atomic E-state index is 0.330. The van der Waals surface area contributed by atoms with Crippen molar-refractivity contribution in [2.45, 2.75) is 0 Å². The Hall–Kier alpha value is -0.650. The number of amides is 1. The molecule has 5 nitrogen and oxygen atoms in total. The molecule has 3 aliphatic rings. The molecule has 0 unspecified atom stereocenters. The third-order valence-electron chi connectivity index (χ3n) is 4.68. The lowest BCUT2D eigenvalue weighted by atomic mass is 10.0. The van der Waals surface area contributed by atoms with E-state index in [-0.39, 0.29) is 0 Å². The van der Waals surface area contributed by atoms with Crippen molar-refractivity contribution in [1.82, 2.24) is 20.0 Å². The first-order valence-corrected chi connectivity index (χ1v) is 7.12. The van der Waals surface area contributed by atoms with Crippen molar-refractivity contribution in [3.63, 3.8) is 0 Å². The normalized spacial score (nSPS) is 33.9. The summed E-state index contributed by atoms with van der Waals surface area (Å²) in [6, 6.07) is 0. The van der Waals surface area contributed by atoms with Crippen LogP contribution in [0, 0.1) is 11.8 Å². The molecule has 0 aromatic heterocycles. The van der Waals surface area contributed by atoms with Gasteiger partial charge in [-0.05, 0) is 32.0 Å². The van der Waals surface area contributed by atoms with Crippen molar-refractivity contribution in [1.29, 1.82) is 0 Å². The Morgan fingerprint density at radius 3 is 2.33 bits per heavy atom. The van der Waals surface area contributed by atoms with Gasteiger partial charge in [0.2, 0.25) is 5.91 Å². The van der Waals surface area contributed by atoms with Crippen LogP contribution in [-0.4, -0.2) is 86.6 Å². The summed E-state index contributed by atoms with van der Waals surface area (Å²) in [7, 11) is 2.12. The topological polar surface area (TPSA) is 38.8 Å². The fourth-order valence-corrected chi connectivity index (χ4v) is 3.43. The minimum atomic E-state index is 0.330. The SMILES string of the molecule is CN1CCN(C(=O)CN2C[C@H]3CNC[C@H]3C2)CC1. The standard InChI is InChI=1S/C13H24N4O/c1-15-2-4-17(5-3-15)13(18)10-16-8-11-6-14-7-12(11)9-16/h11-12,14H,2-10H2,1H3/t11-,12+. The van der Waals surface area contributed by atoms with Crippen molar-refractivity contribution in [3.8, 4) is 0 Å². The molecule has 0 radical (unpaired) electrons. The molecular weight excluding hydrogens is 228 g/mol. The van der Waals surface area contributed by atoms with E-state index in [0.29, 0.717) is 12.5 Å². The molecule has 3 saturated heterocycles. The average Bonchev–Trinajstić information content (AvgIpc) is 2.90. The average molecular weight is 252 g/mol. The van der Waals surface area contributed by atoms with Gasteiger partial charge in [0.05, 0.1) is 6.54 Å². The number of likely N-dealkylation sites (tertiary alicyclic amines) is 1. The molecule has 3 heterocycles. The van der Waals surface area contributed by atoms with Crippen LogP contribution in [0.2, 0.25) is 0 Å². The molecule has 3 aliphatic heterocycles. The van der Waals surface area contributed by atoms with Crippen LogP contribution in [-0.2, 0) is 4.79 Å². The van der Waals surface area contributed by atoms with E-state index in [2.05, 4.69) is 22.2 Å². The van der Waals surface area contributed by atoms with Gasteiger partial charge in [0.1, 0.15) is 0 Å². The Morgan fingerprint density at radius 2 is 1.72 bits per heavy atom. The smallest absolute Gasteiger partial charge is 0.236 e. The monoisotopic (exact) mass is 252 g/mol. The summed E-state index contributed by atoms with van der Waals surface area (Å²) in [5, 5.41) is 3.44. The second-order valence-electron chi connectivity index (χ2n) is 6.06. The van der Waals surface area contributed by atoms with Gasteiger partial charge in [-0.1, -0.05) is 0 Å². The minimum Gasteiger partial charge on any atom is -0.339 e. The van der Waals surface area contributed by atoms with Gasteiger partial charge in [0.15, 0.2) is 0 Å². The molecule has 3 rings (SSSR count). The molecule has 5 heteroatoms. The van der Waals surface area contributed by atoms with Crippen LogP contribution in [0.1, 0.15) is 0 Å². The molecule has 0 spiro atoms. The van der Waals surface area contributed by atoms with Crippen LogP contribution in [0.25, 0.3) is 0 Å². The van der Waals surface area contributed by atoms with E-state index in [1.54, 1.807) is 0 Å². The van der Waals surface area contributed by atoms with E-state index in [9.17, 15) is 4.79 Å². The van der Waals surface area contributed by atoms with Gasteiger partial charge in [0, 0.05) is 39.3 Å². The molecule has 0 saturated carbocycles. The van der Waals surface area contributed by atoms with Crippen molar-refractivity contribution in [2.75, 3.05) is 66.0 Å². The van der Waals surface area contributed by atoms with Crippen LogP contribution >= 0.6 is 0 Å². The fraction of sp³-hybridized carbons (Fsp3) is 0.923. The first kappa shape index (κ1) is 12.4. The fourth-order valence-electron chi connectivity index (χ4n) is 3.43. The zero-order valence-electron chi connectivity index (χ0n) is 11.3. The van der Waals surface area contributed by atoms with E-state index in [1.807, 2.05) is 4.90 Å². The van der Waals surface area contributed by atoms with Crippen LogP contribution in [0.15, 0.2) is 0 Å². The molecule has 0 aromatic carbocycles. The summed E-state index contributed by atoms with van der Waals surface area (Å²) in [6.45, 7) is 8.97. The highest BCUT2D eigenvalue weighted by Crippen LogP contribution is 2.25. The number of nitrogens with one attached hydrogen (secondary N) is 1. The molecule has 0 bridgehead atoms. The lowest BCUT2D eigenvalue weighted by Crippen LogP contribution is -2.50. The number of nitrogens with zero attached hydrogens (tertiary/aromatic N) is 3. The second-order valence-corrected chi connectivity index (χ2v) is 6.06. The number of rotatable bonds is 2. The molecule has 102 valence electrons. The highest BCUT2D eigenvalue weighted by molar-refractivity contribution is 5.78. The van der Waals surface area contributed by atoms with Gasteiger partial charge in [-0.15, -0.1) is 0 Å². The Morgan fingerprint density at radius 1 is 1.11 bits per heavy atom. The summed E-state index contributed by atoms with van der Waals surface area (Å²) in [5.74, 6) is 1.90. The third kappa shape index (κ3) is 2.53. The maximum Gasteiger partial charge on any atom is 0.236 e. The first-order valence-electron chi connectivity index (χ1n) is 7.12. The number of carbonyl (C=O) groups excluding carboxylic acids is 1. The Kier molecular flexibility index (Phi) is 3.54. The summed E-state index contributed by atoms with van der Waals surface area (Å²) >= 11 is 0. The maximum absolute atomic E-state index is 12.2. The maximum atomic E-state index is 12.2. The molecule has 1 amide bonds. The number of hydrogen-bond donors (Lipinski definition) is 1. The Balaban J connectivity index is 1.47. The molecule has 2 atom stereocenters. The number of hydrogen-bond acceptors (Lipinski definition) is 4. The van der Waals surface area contributed by atoms with Gasteiger partial charge in [-0.25, -0.2) is 0 Å². The molecule has 1 N–H and O–H groups in total. The van der Waals surface area contributed by atoms with E-state index >= 15 is 0 Å². The Bertz CT molecular complexity index is 302. The lowest BCUT2D eigenvalue weighted by Gasteiger charge is -2.33. The second kappa shape index (κ2) is 5.15. The molecule has 0 aromatic rings. The van der Waals surface area contributed by atoms with Gasteiger partial charge in [-0.2, -0.15) is 0 Å². The zero-order valence-corrected chi connectivity index (χ0v) is 11.3.